The van der Waals surface area contributed by atoms with E-state index >= 15 is 0 Å². The molecule has 0 amide bonds. The molecule has 1 aliphatic heterocycles. The fourth-order valence-electron chi connectivity index (χ4n) is 3.23. The van der Waals surface area contributed by atoms with Gasteiger partial charge in [0.25, 0.3) is 0 Å². The lowest BCUT2D eigenvalue weighted by Gasteiger charge is -2.29. The molecule has 0 radical (unpaired) electrons. The van der Waals surface area contributed by atoms with E-state index in [4.69, 9.17) is 9.47 Å². The second-order valence-corrected chi connectivity index (χ2v) is 5.92. The molecule has 134 valence electrons. The molecule has 1 aliphatic rings. The van der Waals surface area contributed by atoms with Crippen LogP contribution >= 0.6 is 0 Å². The Bertz CT molecular complexity index is 737. The molecule has 2 unspecified atom stereocenters. The number of aryl methyl sites for hydroxylation is 1. The molecule has 2 heterocycles. The molecular formula is C19H25N2O4+. The smallest absolute Gasteiger partial charge is 0.336 e. The molecule has 0 N–H and O–H groups in total. The minimum atomic E-state index is -0.656. The summed E-state index contributed by atoms with van der Waals surface area (Å²) >= 11 is 0. The van der Waals surface area contributed by atoms with Crippen molar-refractivity contribution in [3.05, 3.63) is 41.4 Å². The Morgan fingerprint density at radius 2 is 1.84 bits per heavy atom. The van der Waals surface area contributed by atoms with E-state index in [-0.39, 0.29) is 19.2 Å². The number of aliphatic imine (C=N–C) groups is 1. The van der Waals surface area contributed by atoms with E-state index in [1.165, 1.54) is 0 Å². The lowest BCUT2D eigenvalue weighted by Crippen LogP contribution is -2.43. The minimum absolute atomic E-state index is 0.260. The molecular weight excluding hydrogens is 320 g/mol. The van der Waals surface area contributed by atoms with Crippen LogP contribution in [0, 0.1) is 5.92 Å². The zero-order valence-electron chi connectivity index (χ0n) is 15.4. The molecule has 0 fully saturated rings. The molecule has 0 aromatic carbocycles. The summed E-state index contributed by atoms with van der Waals surface area (Å²) in [5, 5.41) is 0. The maximum Gasteiger partial charge on any atom is 0.336 e. The molecule has 0 saturated carbocycles. The maximum absolute atomic E-state index is 12.6. The van der Waals surface area contributed by atoms with Gasteiger partial charge in [0.1, 0.15) is 13.0 Å². The Morgan fingerprint density at radius 3 is 2.44 bits per heavy atom. The summed E-state index contributed by atoms with van der Waals surface area (Å²) in [4.78, 5) is 29.7. The molecule has 2 rings (SSSR count). The largest absolute Gasteiger partial charge is 0.465 e. The van der Waals surface area contributed by atoms with Crippen molar-refractivity contribution >= 4 is 17.7 Å². The number of aromatic nitrogens is 1. The second kappa shape index (κ2) is 8.05. The standard InChI is InChI=1S/C19H25N2O4/c1-6-24-18(22)15-12(3)20-13(4)16(19(23)25-7-2)17(15)14-10-8-9-11-21(14)5/h8-11,15,17H,6-7H2,1-5H3/q+1. The average Bonchev–Trinajstić information content (AvgIpc) is 2.54. The summed E-state index contributed by atoms with van der Waals surface area (Å²) in [6.45, 7) is 7.61. The van der Waals surface area contributed by atoms with E-state index in [0.717, 1.165) is 5.69 Å². The van der Waals surface area contributed by atoms with Crippen LogP contribution in [0.15, 0.2) is 40.7 Å². The van der Waals surface area contributed by atoms with Crippen LogP contribution in [-0.4, -0.2) is 30.9 Å². The van der Waals surface area contributed by atoms with Crippen LogP contribution in [0.3, 0.4) is 0 Å². The number of ether oxygens (including phenoxy) is 2. The van der Waals surface area contributed by atoms with Crippen molar-refractivity contribution in [2.75, 3.05) is 13.2 Å². The van der Waals surface area contributed by atoms with Crippen LogP contribution in [0.5, 0.6) is 0 Å². The zero-order valence-corrected chi connectivity index (χ0v) is 15.4. The van der Waals surface area contributed by atoms with Crippen molar-refractivity contribution < 1.29 is 23.6 Å². The van der Waals surface area contributed by atoms with Crippen LogP contribution < -0.4 is 4.57 Å². The first-order chi connectivity index (χ1) is 11.9. The number of pyridine rings is 1. The van der Waals surface area contributed by atoms with Gasteiger partial charge in [-0.1, -0.05) is 6.07 Å². The van der Waals surface area contributed by atoms with Gasteiger partial charge in [-0.15, -0.1) is 0 Å². The van der Waals surface area contributed by atoms with Crippen LogP contribution in [0.1, 0.15) is 39.3 Å². The van der Waals surface area contributed by atoms with Gasteiger partial charge in [0, 0.05) is 23.5 Å². The van der Waals surface area contributed by atoms with E-state index in [1.54, 1.807) is 27.7 Å². The van der Waals surface area contributed by atoms with Gasteiger partial charge in [-0.25, -0.2) is 9.36 Å². The van der Waals surface area contributed by atoms with Gasteiger partial charge in [0.15, 0.2) is 11.9 Å². The monoisotopic (exact) mass is 345 g/mol. The molecule has 1 aromatic heterocycles. The number of carbonyl (C=O) groups excluding carboxylic acids is 2. The summed E-state index contributed by atoms with van der Waals surface area (Å²) in [6, 6.07) is 5.69. The molecule has 0 aliphatic carbocycles. The van der Waals surface area contributed by atoms with Crippen molar-refractivity contribution in [2.24, 2.45) is 18.0 Å². The highest BCUT2D eigenvalue weighted by atomic mass is 16.5. The molecule has 6 nitrogen and oxygen atoms in total. The Labute approximate surface area is 148 Å². The molecule has 0 saturated heterocycles. The molecule has 2 atom stereocenters. The molecule has 25 heavy (non-hydrogen) atoms. The van der Waals surface area contributed by atoms with Crippen molar-refractivity contribution in [3.8, 4) is 0 Å². The van der Waals surface area contributed by atoms with Gasteiger partial charge in [0.05, 0.1) is 24.7 Å². The third kappa shape index (κ3) is 3.78. The highest BCUT2D eigenvalue weighted by Gasteiger charge is 2.45. The number of nitrogens with zero attached hydrogens (tertiary/aromatic N) is 2. The Hall–Kier alpha value is -2.50. The topological polar surface area (TPSA) is 68.8 Å². The van der Waals surface area contributed by atoms with Gasteiger partial charge in [-0.05, 0) is 27.7 Å². The number of hydrogen-bond acceptors (Lipinski definition) is 5. The zero-order chi connectivity index (χ0) is 18.6. The highest BCUT2D eigenvalue weighted by Crippen LogP contribution is 2.38. The Balaban J connectivity index is 2.65. The van der Waals surface area contributed by atoms with Crippen LogP contribution in [0.4, 0.5) is 0 Å². The van der Waals surface area contributed by atoms with Crippen LogP contribution in [-0.2, 0) is 26.1 Å². The van der Waals surface area contributed by atoms with Crippen molar-refractivity contribution in [2.45, 2.75) is 33.6 Å². The fraction of sp³-hybridized carbons (Fsp3) is 0.474. The summed E-state index contributed by atoms with van der Waals surface area (Å²) in [7, 11) is 1.89. The minimum Gasteiger partial charge on any atom is -0.465 e. The summed E-state index contributed by atoms with van der Waals surface area (Å²) < 4.78 is 12.4. The Kier molecular flexibility index (Phi) is 6.07. The predicted octanol–water partition coefficient (Wildman–Crippen LogP) is 2.09. The second-order valence-electron chi connectivity index (χ2n) is 5.92. The maximum atomic E-state index is 12.6. The predicted molar refractivity (Wildman–Crippen MR) is 92.9 cm³/mol. The summed E-state index contributed by atoms with van der Waals surface area (Å²) in [5.41, 5.74) is 2.45. The van der Waals surface area contributed by atoms with Gasteiger partial charge >= 0.3 is 11.9 Å². The SMILES string of the molecule is CCOC(=O)C1=C(C)N=C(C)C(C(=O)OCC)C1c1cccc[n+]1C. The average molecular weight is 345 g/mol. The number of allylic oxidation sites excluding steroid dienone is 1. The third-order valence-electron chi connectivity index (χ3n) is 4.28. The number of rotatable bonds is 5. The van der Waals surface area contributed by atoms with E-state index < -0.39 is 17.8 Å². The highest BCUT2D eigenvalue weighted by molar-refractivity contribution is 6.06. The summed E-state index contributed by atoms with van der Waals surface area (Å²) in [6.07, 6.45) is 1.89. The number of carbonyl (C=O) groups is 2. The fourth-order valence-corrected chi connectivity index (χ4v) is 3.23. The third-order valence-corrected chi connectivity index (χ3v) is 4.28. The van der Waals surface area contributed by atoms with Gasteiger partial charge in [0.2, 0.25) is 0 Å². The van der Waals surface area contributed by atoms with E-state index in [2.05, 4.69) is 4.99 Å². The quantitative estimate of drug-likeness (QED) is 0.605. The first kappa shape index (κ1) is 18.8. The summed E-state index contributed by atoms with van der Waals surface area (Å²) in [5.74, 6) is -1.98. The molecule has 1 aromatic rings. The van der Waals surface area contributed by atoms with Crippen molar-refractivity contribution in [1.82, 2.24) is 0 Å². The number of hydrogen-bond donors (Lipinski definition) is 0. The van der Waals surface area contributed by atoms with Gasteiger partial charge < -0.3 is 9.47 Å². The van der Waals surface area contributed by atoms with Crippen molar-refractivity contribution in [3.63, 3.8) is 0 Å². The van der Waals surface area contributed by atoms with Crippen LogP contribution in [0.2, 0.25) is 0 Å². The van der Waals surface area contributed by atoms with Gasteiger partial charge in [-0.3, -0.25) is 9.79 Å². The Morgan fingerprint density at radius 1 is 1.16 bits per heavy atom. The lowest BCUT2D eigenvalue weighted by molar-refractivity contribution is -0.680. The molecule has 0 bridgehead atoms. The normalized spacial score (nSPS) is 20.1. The van der Waals surface area contributed by atoms with Gasteiger partial charge in [-0.2, -0.15) is 0 Å². The van der Waals surface area contributed by atoms with E-state index in [9.17, 15) is 9.59 Å². The molecule has 6 heteroatoms. The van der Waals surface area contributed by atoms with Crippen LogP contribution in [0.25, 0.3) is 0 Å². The number of esters is 2. The molecule has 0 spiro atoms. The van der Waals surface area contributed by atoms with E-state index in [0.29, 0.717) is 17.0 Å². The first-order valence-corrected chi connectivity index (χ1v) is 8.46. The van der Waals surface area contributed by atoms with E-state index in [1.807, 2.05) is 36.0 Å². The first-order valence-electron chi connectivity index (χ1n) is 8.46. The van der Waals surface area contributed by atoms with Crippen molar-refractivity contribution in [1.29, 1.82) is 0 Å². The lowest BCUT2D eigenvalue weighted by atomic mass is 9.77.